The molecule has 1 aromatic carbocycles. The number of aromatic amines is 1. The van der Waals surface area contributed by atoms with Gasteiger partial charge in [0, 0.05) is 12.7 Å². The number of carbonyl (C=O) groups excluding carboxylic acids is 2. The van der Waals surface area contributed by atoms with Crippen molar-refractivity contribution in [2.45, 2.75) is 38.6 Å². The number of amides is 2. The predicted octanol–water partition coefficient (Wildman–Crippen LogP) is 2.30. The highest BCUT2D eigenvalue weighted by atomic mass is 16.5. The van der Waals surface area contributed by atoms with Crippen LogP contribution < -0.4 is 15.0 Å². The van der Waals surface area contributed by atoms with Crippen molar-refractivity contribution in [3.63, 3.8) is 0 Å². The van der Waals surface area contributed by atoms with E-state index in [9.17, 15) is 9.59 Å². The van der Waals surface area contributed by atoms with Gasteiger partial charge < -0.3 is 15.0 Å². The van der Waals surface area contributed by atoms with E-state index in [4.69, 9.17) is 4.74 Å². The molecule has 7 nitrogen and oxygen atoms in total. The summed E-state index contributed by atoms with van der Waals surface area (Å²) in [5.41, 5.74) is 1.90. The van der Waals surface area contributed by atoms with Gasteiger partial charge in [-0.15, -0.1) is 0 Å². The zero-order chi connectivity index (χ0) is 18.5. The van der Waals surface area contributed by atoms with Crippen LogP contribution in [0.25, 0.3) is 0 Å². The molecule has 0 unspecified atom stereocenters. The highest BCUT2D eigenvalue weighted by Gasteiger charge is 2.31. The van der Waals surface area contributed by atoms with Crippen LogP contribution in [0.3, 0.4) is 0 Å². The Kier molecular flexibility index (Phi) is 5.55. The minimum atomic E-state index is -0.764. The highest BCUT2D eigenvalue weighted by molar-refractivity contribution is 6.02. The molecule has 1 aliphatic heterocycles. The van der Waals surface area contributed by atoms with E-state index in [1.54, 1.807) is 19.2 Å². The predicted molar refractivity (Wildman–Crippen MR) is 98.4 cm³/mol. The molecule has 0 aliphatic carbocycles. The number of para-hydroxylation sites is 2. The number of benzene rings is 1. The zero-order valence-electron chi connectivity index (χ0n) is 15.1. The second-order valence-electron chi connectivity index (χ2n) is 6.44. The van der Waals surface area contributed by atoms with Crippen molar-refractivity contribution in [1.82, 2.24) is 15.5 Å². The number of unbranched alkanes of at least 4 members (excludes halogenated alkanes) is 2. The van der Waals surface area contributed by atoms with Crippen molar-refractivity contribution in [3.05, 3.63) is 41.7 Å². The van der Waals surface area contributed by atoms with Crippen molar-refractivity contribution in [1.29, 1.82) is 0 Å². The van der Waals surface area contributed by atoms with E-state index in [-0.39, 0.29) is 24.1 Å². The number of hydrogen-bond donors (Lipinski definition) is 2. The maximum absolute atomic E-state index is 12.7. The van der Waals surface area contributed by atoms with E-state index in [2.05, 4.69) is 22.4 Å². The fourth-order valence-electron chi connectivity index (χ4n) is 2.96. The fourth-order valence-corrected chi connectivity index (χ4v) is 2.96. The monoisotopic (exact) mass is 356 g/mol. The summed E-state index contributed by atoms with van der Waals surface area (Å²) < 4.78 is 5.70. The normalized spacial score (nSPS) is 16.6. The summed E-state index contributed by atoms with van der Waals surface area (Å²) in [4.78, 5) is 26.6. The topological polar surface area (TPSA) is 87.3 Å². The lowest BCUT2D eigenvalue weighted by Gasteiger charge is -2.19. The lowest BCUT2D eigenvalue weighted by atomic mass is 10.1. The number of H-pyrrole nitrogens is 1. The molecule has 1 aromatic heterocycles. The number of aryl methyl sites for hydroxylation is 1. The summed E-state index contributed by atoms with van der Waals surface area (Å²) >= 11 is 0. The Hall–Kier alpha value is -2.83. The Morgan fingerprint density at radius 2 is 2.19 bits per heavy atom. The van der Waals surface area contributed by atoms with Crippen LogP contribution in [0.4, 0.5) is 5.69 Å². The highest BCUT2D eigenvalue weighted by Crippen LogP contribution is 2.29. The number of carbonyl (C=O) groups is 2. The Bertz CT molecular complexity index is 787. The maximum atomic E-state index is 12.7. The number of likely N-dealkylation sites (N-methyl/N-ethyl adjacent to an activating group) is 1. The first-order valence-electron chi connectivity index (χ1n) is 8.94. The molecule has 2 heterocycles. The van der Waals surface area contributed by atoms with E-state index in [0.717, 1.165) is 31.4 Å². The second-order valence-corrected chi connectivity index (χ2v) is 6.44. The summed E-state index contributed by atoms with van der Waals surface area (Å²) in [6, 6.07) is 8.29. The molecule has 2 aromatic rings. The first kappa shape index (κ1) is 18.0. The Morgan fingerprint density at radius 1 is 1.38 bits per heavy atom. The summed E-state index contributed by atoms with van der Waals surface area (Å²) in [5.74, 6) is 0.0179. The average Bonchev–Trinajstić information content (AvgIpc) is 3.09. The van der Waals surface area contributed by atoms with Gasteiger partial charge in [0.05, 0.1) is 5.69 Å². The van der Waals surface area contributed by atoms with Gasteiger partial charge in [0.2, 0.25) is 0 Å². The Balaban J connectivity index is 1.65. The second kappa shape index (κ2) is 8.03. The molecule has 2 amide bonds. The third-order valence-electron chi connectivity index (χ3n) is 4.48. The number of aromatic nitrogens is 2. The molecule has 7 heteroatoms. The molecule has 0 saturated heterocycles. The van der Waals surface area contributed by atoms with E-state index >= 15 is 0 Å². The summed E-state index contributed by atoms with van der Waals surface area (Å²) in [6.45, 7) is 2.23. The molecule has 1 atom stereocenters. The van der Waals surface area contributed by atoms with Crippen LogP contribution in [-0.2, 0) is 11.2 Å². The summed E-state index contributed by atoms with van der Waals surface area (Å²) in [7, 11) is 1.68. The first-order chi connectivity index (χ1) is 12.6. The number of nitrogens with one attached hydrogen (secondary N) is 2. The van der Waals surface area contributed by atoms with Crippen LogP contribution >= 0.6 is 0 Å². The third-order valence-corrected chi connectivity index (χ3v) is 4.48. The minimum absolute atomic E-state index is 0.0830. The van der Waals surface area contributed by atoms with Gasteiger partial charge in [0.15, 0.2) is 0 Å². The first-order valence-corrected chi connectivity index (χ1v) is 8.94. The zero-order valence-corrected chi connectivity index (χ0v) is 15.1. The molecule has 26 heavy (non-hydrogen) atoms. The van der Waals surface area contributed by atoms with Crippen molar-refractivity contribution < 1.29 is 14.3 Å². The molecule has 0 saturated carbocycles. The number of rotatable bonds is 6. The quantitative estimate of drug-likeness (QED) is 0.778. The number of ether oxygens (including phenoxy) is 1. The third kappa shape index (κ3) is 3.87. The lowest BCUT2D eigenvalue weighted by molar-refractivity contribution is -0.120. The van der Waals surface area contributed by atoms with Gasteiger partial charge in [0.1, 0.15) is 24.1 Å². The number of fused-ring (bicyclic) bond motifs is 1. The van der Waals surface area contributed by atoms with Crippen LogP contribution in [0.15, 0.2) is 30.3 Å². The van der Waals surface area contributed by atoms with Gasteiger partial charge >= 0.3 is 0 Å². The molecule has 138 valence electrons. The smallest absolute Gasteiger partial charge is 0.272 e. The van der Waals surface area contributed by atoms with Gasteiger partial charge in [0.25, 0.3) is 11.8 Å². The van der Waals surface area contributed by atoms with E-state index in [1.807, 2.05) is 18.2 Å². The largest absolute Gasteiger partial charge is 0.489 e. The van der Waals surface area contributed by atoms with Crippen LogP contribution in [0, 0.1) is 0 Å². The van der Waals surface area contributed by atoms with Gasteiger partial charge in [-0.1, -0.05) is 31.9 Å². The molecule has 0 radical (unpaired) electrons. The van der Waals surface area contributed by atoms with Gasteiger partial charge in [-0.05, 0) is 31.0 Å². The van der Waals surface area contributed by atoms with Crippen molar-refractivity contribution in [2.75, 3.05) is 18.6 Å². The molecule has 0 fully saturated rings. The van der Waals surface area contributed by atoms with E-state index < -0.39 is 6.04 Å². The molecule has 0 spiro atoms. The maximum Gasteiger partial charge on any atom is 0.272 e. The van der Waals surface area contributed by atoms with Gasteiger partial charge in [-0.2, -0.15) is 5.10 Å². The van der Waals surface area contributed by atoms with Crippen LogP contribution in [0.2, 0.25) is 0 Å². The van der Waals surface area contributed by atoms with Gasteiger partial charge in [-0.3, -0.25) is 14.7 Å². The fraction of sp³-hybridized carbons (Fsp3) is 0.421. The Morgan fingerprint density at radius 3 is 3.00 bits per heavy atom. The number of anilines is 1. The summed E-state index contributed by atoms with van der Waals surface area (Å²) in [5, 5.41) is 9.69. The van der Waals surface area contributed by atoms with E-state index in [1.165, 1.54) is 4.90 Å². The van der Waals surface area contributed by atoms with Crippen LogP contribution in [-0.4, -0.2) is 41.7 Å². The van der Waals surface area contributed by atoms with Crippen LogP contribution in [0.1, 0.15) is 42.4 Å². The minimum Gasteiger partial charge on any atom is -0.489 e. The molecule has 0 bridgehead atoms. The molecule has 3 rings (SSSR count). The van der Waals surface area contributed by atoms with Crippen molar-refractivity contribution >= 4 is 17.5 Å². The number of nitrogens with zero attached hydrogens (tertiary/aromatic N) is 2. The Labute approximate surface area is 152 Å². The van der Waals surface area contributed by atoms with Crippen LogP contribution in [0.5, 0.6) is 5.75 Å². The van der Waals surface area contributed by atoms with Gasteiger partial charge in [-0.25, -0.2) is 0 Å². The summed E-state index contributed by atoms with van der Waals surface area (Å²) in [6.07, 6.45) is 4.19. The standard InChI is InChI=1S/C19H24N4O3/c1-3-4-5-8-13-11-14(22-21-13)18(24)20-15-12-26-17-10-7-6-9-16(17)23(2)19(15)25/h6-7,9-11,15H,3-5,8,12H2,1-2H3,(H,20,24)(H,21,22)/t15-/m1/s1. The lowest BCUT2D eigenvalue weighted by Crippen LogP contribution is -2.49. The van der Waals surface area contributed by atoms with Crippen molar-refractivity contribution in [3.8, 4) is 5.75 Å². The molecular formula is C19H24N4O3. The number of hydrogen-bond acceptors (Lipinski definition) is 4. The molecule has 1 aliphatic rings. The SMILES string of the molecule is CCCCCc1cc(C(=O)N[C@@H]2COc3ccccc3N(C)C2=O)n[nH]1. The average molecular weight is 356 g/mol. The molecular weight excluding hydrogens is 332 g/mol. The molecule has 2 N–H and O–H groups in total. The van der Waals surface area contributed by atoms with E-state index in [0.29, 0.717) is 11.4 Å². The van der Waals surface area contributed by atoms with Crippen molar-refractivity contribution in [2.24, 2.45) is 0 Å².